The molecule has 0 aromatic carbocycles. The lowest BCUT2D eigenvalue weighted by Crippen LogP contribution is -2.21. The van der Waals surface area contributed by atoms with Gasteiger partial charge < -0.3 is 16.0 Å². The van der Waals surface area contributed by atoms with Gasteiger partial charge >= 0.3 is 6.18 Å². The number of fused-ring (bicyclic) bond motifs is 1. The van der Waals surface area contributed by atoms with E-state index in [4.69, 9.17) is 5.73 Å². The van der Waals surface area contributed by atoms with Gasteiger partial charge in [-0.1, -0.05) is 6.42 Å². The summed E-state index contributed by atoms with van der Waals surface area (Å²) in [7, 11) is 0. The Labute approximate surface area is 186 Å². The third kappa shape index (κ3) is 4.73. The van der Waals surface area contributed by atoms with Crippen LogP contribution >= 0.6 is 11.5 Å². The Hall–Kier alpha value is -3.05. The Balaban J connectivity index is 0.000000354. The quantitative estimate of drug-likeness (QED) is 0.396. The van der Waals surface area contributed by atoms with Gasteiger partial charge in [-0.2, -0.15) is 17.5 Å². The minimum atomic E-state index is -4.60. The van der Waals surface area contributed by atoms with Crippen LogP contribution in [0.1, 0.15) is 30.5 Å². The first kappa shape index (κ1) is 22.2. The largest absolute Gasteiger partial charge is 0.419 e. The zero-order valence-corrected chi connectivity index (χ0v) is 18.1. The number of nitrogen functional groups attached to an aromatic ring is 1. The molecule has 11 heteroatoms. The molecule has 5 heterocycles. The molecule has 1 aliphatic heterocycles. The molecule has 168 valence electrons. The molecule has 0 unspecified atom stereocenters. The van der Waals surface area contributed by atoms with Gasteiger partial charge in [0.05, 0.1) is 17.1 Å². The molecule has 0 radical (unpaired) electrons. The molecule has 7 nitrogen and oxygen atoms in total. The Bertz CT molecular complexity index is 1200. The van der Waals surface area contributed by atoms with Gasteiger partial charge in [0.25, 0.3) is 0 Å². The highest BCUT2D eigenvalue weighted by molar-refractivity contribution is 7.04. The average Bonchev–Trinajstić information content (AvgIpc) is 3.40. The van der Waals surface area contributed by atoms with Crippen molar-refractivity contribution in [1.82, 2.24) is 29.6 Å². The van der Waals surface area contributed by atoms with Crippen LogP contribution in [-0.4, -0.2) is 37.4 Å². The Kier molecular flexibility index (Phi) is 6.38. The molecule has 4 aromatic rings. The smallest absolute Gasteiger partial charge is 0.368 e. The van der Waals surface area contributed by atoms with E-state index in [1.165, 1.54) is 50.1 Å². The first-order valence-corrected chi connectivity index (χ1v) is 11.0. The van der Waals surface area contributed by atoms with Crippen LogP contribution < -0.4 is 11.1 Å². The van der Waals surface area contributed by atoms with Crippen molar-refractivity contribution in [1.29, 1.82) is 0 Å². The summed E-state index contributed by atoms with van der Waals surface area (Å²) in [5, 5.41) is 5.67. The second kappa shape index (κ2) is 9.21. The number of alkyl halides is 3. The van der Waals surface area contributed by atoms with Gasteiger partial charge in [0.1, 0.15) is 11.2 Å². The van der Waals surface area contributed by atoms with E-state index in [1.807, 2.05) is 12.3 Å². The van der Waals surface area contributed by atoms with Crippen LogP contribution in [0.5, 0.6) is 0 Å². The predicted molar refractivity (Wildman–Crippen MR) is 119 cm³/mol. The van der Waals surface area contributed by atoms with Crippen LogP contribution in [0.3, 0.4) is 0 Å². The van der Waals surface area contributed by atoms with Crippen LogP contribution in [0.4, 0.5) is 19.1 Å². The number of nitrogens with one attached hydrogen (secondary N) is 2. The molecule has 32 heavy (non-hydrogen) atoms. The Morgan fingerprint density at radius 1 is 1.06 bits per heavy atom. The number of aromatic nitrogens is 5. The molecule has 4 aromatic heterocycles. The predicted octanol–water partition coefficient (Wildman–Crippen LogP) is 4.81. The summed E-state index contributed by atoms with van der Waals surface area (Å²) >= 11 is 1.32. The number of aryl methyl sites for hydroxylation is 1. The monoisotopic (exact) mass is 461 g/mol. The first-order chi connectivity index (χ1) is 15.3. The number of halogens is 3. The third-order valence-electron chi connectivity index (χ3n) is 5.14. The van der Waals surface area contributed by atoms with E-state index in [9.17, 15) is 13.2 Å². The van der Waals surface area contributed by atoms with Gasteiger partial charge in [-0.25, -0.2) is 15.0 Å². The number of aromatic amines is 1. The van der Waals surface area contributed by atoms with Gasteiger partial charge in [0.2, 0.25) is 5.95 Å². The van der Waals surface area contributed by atoms with Crippen LogP contribution in [0, 0.1) is 6.92 Å². The SMILES string of the molecule is C1CCNCC1.Cc1nscc1-c1ccc2c(-c3nc(N)ncc3C(F)(F)F)c[nH]c2n1. The minimum Gasteiger partial charge on any atom is -0.368 e. The van der Waals surface area contributed by atoms with E-state index in [0.29, 0.717) is 22.9 Å². The fourth-order valence-corrected chi connectivity index (χ4v) is 4.20. The molecule has 1 fully saturated rings. The van der Waals surface area contributed by atoms with E-state index in [1.54, 1.807) is 12.1 Å². The van der Waals surface area contributed by atoms with E-state index in [-0.39, 0.29) is 17.2 Å². The number of H-pyrrole nitrogens is 1. The van der Waals surface area contributed by atoms with Crippen molar-refractivity contribution < 1.29 is 13.2 Å². The third-order valence-corrected chi connectivity index (χ3v) is 5.86. The second-order valence-corrected chi connectivity index (χ2v) is 8.04. The highest BCUT2D eigenvalue weighted by Crippen LogP contribution is 2.38. The number of pyridine rings is 1. The maximum atomic E-state index is 13.3. The lowest BCUT2D eigenvalue weighted by molar-refractivity contribution is -0.137. The number of nitrogens with zero attached hydrogens (tertiary/aromatic N) is 4. The van der Waals surface area contributed by atoms with Gasteiger partial charge in [-0.3, -0.25) is 0 Å². The molecule has 5 rings (SSSR count). The van der Waals surface area contributed by atoms with Crippen molar-refractivity contribution >= 4 is 28.5 Å². The normalized spacial score (nSPS) is 14.2. The molecule has 0 atom stereocenters. The summed E-state index contributed by atoms with van der Waals surface area (Å²) in [6.07, 6.45) is 1.75. The molecule has 0 saturated carbocycles. The van der Waals surface area contributed by atoms with Crippen molar-refractivity contribution in [2.24, 2.45) is 0 Å². The van der Waals surface area contributed by atoms with E-state index in [0.717, 1.165) is 11.3 Å². The van der Waals surface area contributed by atoms with Crippen molar-refractivity contribution in [2.45, 2.75) is 32.4 Å². The lowest BCUT2D eigenvalue weighted by Gasteiger charge is -2.11. The molecular formula is C21H22F3N7S. The number of anilines is 1. The highest BCUT2D eigenvalue weighted by atomic mass is 32.1. The average molecular weight is 462 g/mol. The van der Waals surface area contributed by atoms with E-state index < -0.39 is 11.7 Å². The Morgan fingerprint density at radius 2 is 1.84 bits per heavy atom. The van der Waals surface area contributed by atoms with Crippen molar-refractivity contribution in [3.63, 3.8) is 0 Å². The van der Waals surface area contributed by atoms with E-state index in [2.05, 4.69) is 29.6 Å². The maximum absolute atomic E-state index is 13.3. The molecule has 0 amide bonds. The summed E-state index contributed by atoms with van der Waals surface area (Å²) in [5.41, 5.74) is 7.41. The number of piperidine rings is 1. The van der Waals surface area contributed by atoms with Gasteiger partial charge in [0, 0.05) is 34.3 Å². The van der Waals surface area contributed by atoms with Crippen LogP contribution in [0.25, 0.3) is 33.5 Å². The second-order valence-electron chi connectivity index (χ2n) is 7.41. The summed E-state index contributed by atoms with van der Waals surface area (Å²) < 4.78 is 44.2. The fraction of sp³-hybridized carbons (Fsp3) is 0.333. The molecule has 1 saturated heterocycles. The summed E-state index contributed by atoms with van der Waals surface area (Å²) in [5.74, 6) is -0.230. The lowest BCUT2D eigenvalue weighted by atomic mass is 10.1. The minimum absolute atomic E-state index is 0.230. The zero-order valence-electron chi connectivity index (χ0n) is 17.3. The zero-order chi connectivity index (χ0) is 22.7. The van der Waals surface area contributed by atoms with Crippen LogP contribution in [-0.2, 0) is 6.18 Å². The fourth-order valence-electron chi connectivity index (χ4n) is 3.50. The highest BCUT2D eigenvalue weighted by Gasteiger charge is 2.36. The van der Waals surface area contributed by atoms with Gasteiger partial charge in [-0.05, 0) is 56.5 Å². The van der Waals surface area contributed by atoms with Crippen LogP contribution in [0.15, 0.2) is 29.9 Å². The number of hydrogen-bond donors (Lipinski definition) is 3. The summed E-state index contributed by atoms with van der Waals surface area (Å²) in [4.78, 5) is 14.7. The Morgan fingerprint density at radius 3 is 2.44 bits per heavy atom. The number of hydrogen-bond acceptors (Lipinski definition) is 7. The molecular weight excluding hydrogens is 439 g/mol. The molecule has 4 N–H and O–H groups in total. The standard InChI is InChI=1S/C16H11F3N6S.C5H11N/c1-7-10(6-26-25-7)12-3-2-8-9(4-21-14(8)23-12)13-11(16(17,18)19)5-22-15(20)24-13;1-2-4-6-5-3-1/h2-6H,1H3,(H,21,23)(H2,20,22,24);6H,1-5H2. The first-order valence-electron chi connectivity index (χ1n) is 10.1. The van der Waals surface area contributed by atoms with Gasteiger partial charge in [0.15, 0.2) is 0 Å². The van der Waals surface area contributed by atoms with Crippen molar-refractivity contribution in [3.8, 4) is 22.5 Å². The summed E-state index contributed by atoms with van der Waals surface area (Å²) in [6, 6.07) is 3.45. The molecule has 0 spiro atoms. The molecule has 0 bridgehead atoms. The van der Waals surface area contributed by atoms with E-state index >= 15 is 0 Å². The number of nitrogens with two attached hydrogens (primary N) is 1. The number of rotatable bonds is 2. The van der Waals surface area contributed by atoms with Crippen LogP contribution in [0.2, 0.25) is 0 Å². The summed E-state index contributed by atoms with van der Waals surface area (Å²) in [6.45, 7) is 4.37. The molecule has 0 aliphatic carbocycles. The topological polar surface area (TPSA) is 105 Å². The van der Waals surface area contributed by atoms with Crippen molar-refractivity contribution in [2.75, 3.05) is 18.8 Å². The van der Waals surface area contributed by atoms with Crippen molar-refractivity contribution in [3.05, 3.63) is 41.2 Å². The maximum Gasteiger partial charge on any atom is 0.419 e. The van der Waals surface area contributed by atoms with Gasteiger partial charge in [-0.15, -0.1) is 0 Å². The molecule has 1 aliphatic rings.